The summed E-state index contributed by atoms with van der Waals surface area (Å²) in [4.78, 5) is 0. The van der Waals surface area contributed by atoms with E-state index in [0.717, 1.165) is 0 Å². The third-order valence-corrected chi connectivity index (χ3v) is 3.29. The molecular weight excluding hydrogens is 328 g/mol. The second kappa shape index (κ2) is 5.28. The molecule has 0 aliphatic heterocycles. The highest BCUT2D eigenvalue weighted by Gasteiger charge is 2.83. The zero-order valence-electron chi connectivity index (χ0n) is 9.82. The molecule has 0 unspecified atom stereocenters. The standard InChI is InChI=1S/C8H10F8O3S/c1-2-3-4-5(9,10)6(11,12)7(13,14)8(15,16)20(17,18)19/h2-4H2,1H3,(H,17,18,19). The lowest BCUT2D eigenvalue weighted by atomic mass is 9.99. The molecule has 0 aliphatic rings. The van der Waals surface area contributed by atoms with Gasteiger partial charge in [0, 0.05) is 6.42 Å². The topological polar surface area (TPSA) is 54.4 Å². The van der Waals surface area contributed by atoms with Crippen LogP contribution in [0.1, 0.15) is 26.2 Å². The highest BCUT2D eigenvalue weighted by Crippen LogP contribution is 2.55. The Bertz CT molecular complexity index is 445. The predicted molar refractivity (Wildman–Crippen MR) is 50.9 cm³/mol. The van der Waals surface area contributed by atoms with Crippen LogP contribution in [0, 0.1) is 0 Å². The van der Waals surface area contributed by atoms with Crippen LogP contribution < -0.4 is 0 Å². The summed E-state index contributed by atoms with van der Waals surface area (Å²) < 4.78 is 131. The monoisotopic (exact) mass is 338 g/mol. The number of alkyl halides is 8. The molecule has 0 rings (SSSR count). The van der Waals surface area contributed by atoms with Crippen molar-refractivity contribution in [1.82, 2.24) is 0 Å². The van der Waals surface area contributed by atoms with Gasteiger partial charge in [-0.2, -0.15) is 43.5 Å². The van der Waals surface area contributed by atoms with Crippen LogP contribution in [0.15, 0.2) is 0 Å². The molecule has 0 heterocycles. The van der Waals surface area contributed by atoms with Crippen LogP contribution in [-0.2, 0) is 10.1 Å². The summed E-state index contributed by atoms with van der Waals surface area (Å²) in [5.41, 5.74) is 0. The minimum atomic E-state index is -7.02. The van der Waals surface area contributed by atoms with Gasteiger partial charge in [0.05, 0.1) is 0 Å². The Morgan fingerprint density at radius 1 is 0.900 bits per heavy atom. The number of unbranched alkanes of at least 4 members (excludes halogenated alkanes) is 1. The molecule has 20 heavy (non-hydrogen) atoms. The van der Waals surface area contributed by atoms with Crippen molar-refractivity contribution >= 4 is 10.1 Å². The maximum atomic E-state index is 13.0. The van der Waals surface area contributed by atoms with Crippen LogP contribution in [0.3, 0.4) is 0 Å². The SMILES string of the molecule is CCCCC(F)(F)C(F)(F)C(F)(F)C(F)(F)S(=O)(=O)O. The molecule has 3 nitrogen and oxygen atoms in total. The third-order valence-electron chi connectivity index (χ3n) is 2.39. The van der Waals surface area contributed by atoms with E-state index >= 15 is 0 Å². The lowest BCUT2D eigenvalue weighted by Gasteiger charge is -2.35. The van der Waals surface area contributed by atoms with Gasteiger partial charge in [-0.1, -0.05) is 13.3 Å². The molecule has 122 valence electrons. The number of rotatable bonds is 7. The molecule has 0 saturated heterocycles. The van der Waals surface area contributed by atoms with Gasteiger partial charge in [-0.05, 0) is 6.42 Å². The average Bonchev–Trinajstić information content (AvgIpc) is 2.24. The highest BCUT2D eigenvalue weighted by molar-refractivity contribution is 7.87. The van der Waals surface area contributed by atoms with Gasteiger partial charge in [0.2, 0.25) is 0 Å². The van der Waals surface area contributed by atoms with E-state index in [0.29, 0.717) is 0 Å². The van der Waals surface area contributed by atoms with Gasteiger partial charge in [-0.3, -0.25) is 4.55 Å². The molecule has 0 fully saturated rings. The van der Waals surface area contributed by atoms with E-state index in [-0.39, 0.29) is 6.42 Å². The molecule has 0 aliphatic carbocycles. The van der Waals surface area contributed by atoms with Crippen molar-refractivity contribution in [3.05, 3.63) is 0 Å². The van der Waals surface area contributed by atoms with Crippen molar-refractivity contribution in [2.24, 2.45) is 0 Å². The number of halogens is 8. The van der Waals surface area contributed by atoms with Crippen LogP contribution in [0.25, 0.3) is 0 Å². The summed E-state index contributed by atoms with van der Waals surface area (Å²) in [5, 5.41) is -6.76. The van der Waals surface area contributed by atoms with Crippen LogP contribution in [0.4, 0.5) is 35.1 Å². The Kier molecular flexibility index (Phi) is 5.11. The van der Waals surface area contributed by atoms with E-state index in [1.165, 1.54) is 6.92 Å². The Morgan fingerprint density at radius 2 is 1.30 bits per heavy atom. The molecule has 0 bridgehead atoms. The number of hydrogen-bond donors (Lipinski definition) is 1. The van der Waals surface area contributed by atoms with Gasteiger partial charge in [-0.25, -0.2) is 0 Å². The van der Waals surface area contributed by atoms with Crippen LogP contribution >= 0.6 is 0 Å². The van der Waals surface area contributed by atoms with E-state index < -0.39 is 46.0 Å². The zero-order chi connectivity index (χ0) is 16.6. The maximum Gasteiger partial charge on any atom is 0.438 e. The Morgan fingerprint density at radius 3 is 1.60 bits per heavy atom. The fourth-order valence-corrected chi connectivity index (χ4v) is 1.58. The highest BCUT2D eigenvalue weighted by atomic mass is 32.2. The molecule has 0 aromatic rings. The summed E-state index contributed by atoms with van der Waals surface area (Å²) in [7, 11) is -7.02. The molecule has 0 aromatic heterocycles. The summed E-state index contributed by atoms with van der Waals surface area (Å²) in [5.74, 6) is -19.3. The molecule has 0 atom stereocenters. The lowest BCUT2D eigenvalue weighted by molar-refractivity contribution is -0.349. The smallest absolute Gasteiger partial charge is 0.281 e. The third kappa shape index (κ3) is 2.85. The van der Waals surface area contributed by atoms with Crippen molar-refractivity contribution < 1.29 is 48.1 Å². The first-order valence-corrected chi connectivity index (χ1v) is 6.48. The van der Waals surface area contributed by atoms with E-state index in [9.17, 15) is 43.5 Å². The maximum absolute atomic E-state index is 13.0. The lowest BCUT2D eigenvalue weighted by Crippen LogP contribution is -2.64. The molecule has 1 N–H and O–H groups in total. The van der Waals surface area contributed by atoms with Gasteiger partial charge in [0.15, 0.2) is 0 Å². The Hall–Kier alpha value is -0.650. The minimum absolute atomic E-state index is 0.119. The molecule has 0 spiro atoms. The molecule has 0 radical (unpaired) electrons. The molecule has 0 amide bonds. The fourth-order valence-electron chi connectivity index (χ4n) is 1.13. The normalized spacial score (nSPS) is 15.5. The van der Waals surface area contributed by atoms with Gasteiger partial charge in [0.1, 0.15) is 0 Å². The molecular formula is C8H10F8O3S. The van der Waals surface area contributed by atoms with Crippen LogP contribution in [-0.4, -0.2) is 36.0 Å². The summed E-state index contributed by atoms with van der Waals surface area (Å²) >= 11 is 0. The summed E-state index contributed by atoms with van der Waals surface area (Å²) in [6.45, 7) is 1.25. The first kappa shape index (κ1) is 19.4. The second-order valence-electron chi connectivity index (χ2n) is 3.95. The second-order valence-corrected chi connectivity index (χ2v) is 5.41. The van der Waals surface area contributed by atoms with Gasteiger partial charge >= 0.3 is 33.1 Å². The first-order valence-electron chi connectivity index (χ1n) is 5.04. The van der Waals surface area contributed by atoms with Gasteiger partial charge in [-0.15, -0.1) is 0 Å². The van der Waals surface area contributed by atoms with Crippen molar-refractivity contribution in [1.29, 1.82) is 0 Å². The minimum Gasteiger partial charge on any atom is -0.281 e. The van der Waals surface area contributed by atoms with Crippen molar-refractivity contribution in [3.63, 3.8) is 0 Å². The van der Waals surface area contributed by atoms with Gasteiger partial charge < -0.3 is 0 Å². The summed E-state index contributed by atoms with van der Waals surface area (Å²) in [6, 6.07) is 0. The number of hydrogen-bond acceptors (Lipinski definition) is 2. The van der Waals surface area contributed by atoms with E-state index in [1.54, 1.807) is 0 Å². The van der Waals surface area contributed by atoms with Crippen LogP contribution in [0.2, 0.25) is 0 Å². The Balaban J connectivity index is 5.80. The molecule has 0 saturated carbocycles. The van der Waals surface area contributed by atoms with E-state index in [1.807, 2.05) is 0 Å². The summed E-state index contributed by atoms with van der Waals surface area (Å²) in [6.07, 6.45) is -2.66. The average molecular weight is 338 g/mol. The van der Waals surface area contributed by atoms with Crippen molar-refractivity contribution in [2.45, 2.75) is 49.2 Å². The quantitative estimate of drug-likeness (QED) is 0.570. The van der Waals surface area contributed by atoms with Crippen LogP contribution in [0.5, 0.6) is 0 Å². The van der Waals surface area contributed by atoms with Crippen molar-refractivity contribution in [3.8, 4) is 0 Å². The fraction of sp³-hybridized carbons (Fsp3) is 1.00. The van der Waals surface area contributed by atoms with Crippen molar-refractivity contribution in [2.75, 3.05) is 0 Å². The van der Waals surface area contributed by atoms with Gasteiger partial charge in [0.25, 0.3) is 0 Å². The molecule has 0 aromatic carbocycles. The van der Waals surface area contributed by atoms with E-state index in [2.05, 4.69) is 0 Å². The Labute approximate surface area is 108 Å². The molecule has 12 heteroatoms. The largest absolute Gasteiger partial charge is 0.438 e. The predicted octanol–water partition coefficient (Wildman–Crippen LogP) is 3.56. The zero-order valence-corrected chi connectivity index (χ0v) is 10.6. The van der Waals surface area contributed by atoms with E-state index in [4.69, 9.17) is 4.55 Å². The first-order chi connectivity index (χ1) is 8.56.